The van der Waals surface area contributed by atoms with Gasteiger partial charge in [0.2, 0.25) is 5.91 Å². The third-order valence-electron chi connectivity index (χ3n) is 4.09. The van der Waals surface area contributed by atoms with Crippen LogP contribution < -0.4 is 19.5 Å². The Morgan fingerprint density at radius 1 is 1.17 bits per heavy atom. The normalized spacial score (nSPS) is 11.3. The first-order valence-electron chi connectivity index (χ1n) is 8.92. The van der Waals surface area contributed by atoms with Crippen LogP contribution in [-0.2, 0) is 14.8 Å². The number of halogens is 1. The lowest BCUT2D eigenvalue weighted by molar-refractivity contribution is -0.116. The molecule has 0 unspecified atom stereocenters. The number of hydrogen-bond donors (Lipinski definition) is 2. The van der Waals surface area contributed by atoms with E-state index in [2.05, 4.69) is 15.0 Å². The summed E-state index contributed by atoms with van der Waals surface area (Å²) >= 11 is 1.21. The number of carbonyl (C=O) groups excluding carboxylic acids is 1. The highest BCUT2D eigenvalue weighted by Crippen LogP contribution is 2.33. The number of aromatic nitrogens is 1. The molecule has 160 valence electrons. The molecule has 11 heteroatoms. The fourth-order valence-corrected chi connectivity index (χ4v) is 4.75. The van der Waals surface area contributed by atoms with Crippen LogP contribution in [0.2, 0.25) is 0 Å². The zero-order valence-corrected chi connectivity index (χ0v) is 18.1. The van der Waals surface area contributed by atoms with Gasteiger partial charge in [-0.1, -0.05) is 18.3 Å². The first-order valence-corrected chi connectivity index (χ1v) is 11.2. The maximum atomic E-state index is 14.4. The molecule has 2 N–H and O–H groups in total. The molecule has 0 spiro atoms. The number of hydrogen-bond acceptors (Lipinski definition) is 7. The first kappa shape index (κ1) is 21.8. The van der Waals surface area contributed by atoms with E-state index < -0.39 is 20.7 Å². The molecule has 0 aliphatic carbocycles. The van der Waals surface area contributed by atoms with Gasteiger partial charge in [-0.2, -0.15) is 0 Å². The standard InChI is InChI=1S/C19H20FN3O5S2/c1-4-5-18(24)22-19-21-13-7-6-11(8-16(13)29-19)23-30(25,26)17-10-15(28-3)14(27-2)9-12(17)20/h6-10,23H,4-5H2,1-3H3,(H,21,22,24). The SMILES string of the molecule is CCCC(=O)Nc1nc2ccc(NS(=O)(=O)c3cc(OC)c(OC)cc3F)cc2s1. The highest BCUT2D eigenvalue weighted by atomic mass is 32.2. The van der Waals surface area contributed by atoms with Crippen LogP contribution in [0.25, 0.3) is 10.2 Å². The van der Waals surface area contributed by atoms with Crippen molar-refractivity contribution in [3.8, 4) is 11.5 Å². The molecule has 0 atom stereocenters. The van der Waals surface area contributed by atoms with Crippen molar-refractivity contribution in [3.05, 3.63) is 36.1 Å². The molecular formula is C19H20FN3O5S2. The molecule has 2 aromatic carbocycles. The van der Waals surface area contributed by atoms with E-state index >= 15 is 0 Å². The van der Waals surface area contributed by atoms with E-state index in [1.165, 1.54) is 31.6 Å². The number of thiazole rings is 1. The van der Waals surface area contributed by atoms with Crippen LogP contribution in [-0.4, -0.2) is 33.5 Å². The zero-order chi connectivity index (χ0) is 21.9. The van der Waals surface area contributed by atoms with E-state index in [0.717, 1.165) is 18.6 Å². The van der Waals surface area contributed by atoms with E-state index in [1.807, 2.05) is 6.92 Å². The van der Waals surface area contributed by atoms with Gasteiger partial charge < -0.3 is 14.8 Å². The summed E-state index contributed by atoms with van der Waals surface area (Å²) in [6.45, 7) is 1.90. The smallest absolute Gasteiger partial charge is 0.264 e. The Morgan fingerprint density at radius 3 is 2.53 bits per heavy atom. The molecule has 0 fully saturated rings. The van der Waals surface area contributed by atoms with Crippen LogP contribution >= 0.6 is 11.3 Å². The number of nitrogens with one attached hydrogen (secondary N) is 2. The highest BCUT2D eigenvalue weighted by molar-refractivity contribution is 7.92. The van der Waals surface area contributed by atoms with Crippen molar-refractivity contribution in [1.29, 1.82) is 0 Å². The molecule has 3 rings (SSSR count). The topological polar surface area (TPSA) is 107 Å². The Labute approximate surface area is 177 Å². The Hall–Kier alpha value is -2.92. The minimum atomic E-state index is -4.24. The van der Waals surface area contributed by atoms with Crippen LogP contribution in [0.4, 0.5) is 15.2 Å². The predicted molar refractivity (Wildman–Crippen MR) is 113 cm³/mol. The van der Waals surface area contributed by atoms with Crippen LogP contribution in [0.1, 0.15) is 19.8 Å². The van der Waals surface area contributed by atoms with Gasteiger partial charge in [-0.25, -0.2) is 17.8 Å². The third kappa shape index (κ3) is 4.62. The number of carbonyl (C=O) groups is 1. The molecular weight excluding hydrogens is 433 g/mol. The minimum Gasteiger partial charge on any atom is -0.493 e. The Bertz CT molecular complexity index is 1190. The monoisotopic (exact) mass is 453 g/mol. The van der Waals surface area contributed by atoms with Crippen LogP contribution in [0.3, 0.4) is 0 Å². The van der Waals surface area contributed by atoms with Gasteiger partial charge in [0, 0.05) is 18.6 Å². The van der Waals surface area contributed by atoms with Crippen molar-refractivity contribution in [2.45, 2.75) is 24.7 Å². The second kappa shape index (κ2) is 8.84. The summed E-state index contributed by atoms with van der Waals surface area (Å²) in [5.74, 6) is -0.941. The highest BCUT2D eigenvalue weighted by Gasteiger charge is 2.23. The van der Waals surface area contributed by atoms with E-state index in [9.17, 15) is 17.6 Å². The molecule has 0 aliphatic rings. The number of sulfonamides is 1. The molecule has 0 aliphatic heterocycles. The summed E-state index contributed by atoms with van der Waals surface area (Å²) in [6.07, 6.45) is 1.10. The number of ether oxygens (including phenoxy) is 2. The quantitative estimate of drug-likeness (QED) is 0.534. The fourth-order valence-electron chi connectivity index (χ4n) is 2.70. The lowest BCUT2D eigenvalue weighted by atomic mass is 10.3. The lowest BCUT2D eigenvalue weighted by Crippen LogP contribution is -2.15. The van der Waals surface area contributed by atoms with E-state index in [1.54, 1.807) is 12.1 Å². The molecule has 1 heterocycles. The first-order chi connectivity index (χ1) is 14.3. The Kier molecular flexibility index (Phi) is 6.42. The van der Waals surface area contributed by atoms with Gasteiger partial charge >= 0.3 is 0 Å². The van der Waals surface area contributed by atoms with Crippen molar-refractivity contribution in [1.82, 2.24) is 4.98 Å². The molecule has 3 aromatic rings. The Balaban J connectivity index is 1.89. The number of benzene rings is 2. The summed E-state index contributed by atoms with van der Waals surface area (Å²) in [4.78, 5) is 15.5. The van der Waals surface area contributed by atoms with Crippen LogP contribution in [0.5, 0.6) is 11.5 Å². The Morgan fingerprint density at radius 2 is 1.87 bits per heavy atom. The third-order valence-corrected chi connectivity index (χ3v) is 6.42. The average molecular weight is 454 g/mol. The maximum Gasteiger partial charge on any atom is 0.264 e. The second-order valence-corrected chi connectivity index (χ2v) is 8.92. The number of nitrogens with zero attached hydrogens (tertiary/aromatic N) is 1. The molecule has 1 aromatic heterocycles. The van der Waals surface area contributed by atoms with Gasteiger partial charge in [0.05, 0.1) is 30.1 Å². The van der Waals surface area contributed by atoms with Crippen LogP contribution in [0, 0.1) is 5.82 Å². The van der Waals surface area contributed by atoms with Crippen molar-refractivity contribution in [2.75, 3.05) is 24.3 Å². The van der Waals surface area contributed by atoms with Gasteiger partial charge in [0.25, 0.3) is 10.0 Å². The summed E-state index contributed by atoms with van der Waals surface area (Å²) < 4.78 is 52.9. The molecule has 1 amide bonds. The maximum absolute atomic E-state index is 14.4. The fraction of sp³-hybridized carbons (Fsp3) is 0.263. The zero-order valence-electron chi connectivity index (χ0n) is 16.5. The van der Waals surface area contributed by atoms with Crippen molar-refractivity contribution >= 4 is 48.3 Å². The summed E-state index contributed by atoms with van der Waals surface area (Å²) in [7, 11) is -1.58. The molecule has 0 bridgehead atoms. The van der Waals surface area contributed by atoms with Crippen LogP contribution in [0.15, 0.2) is 35.2 Å². The molecule has 0 radical (unpaired) electrons. The number of amides is 1. The van der Waals surface area contributed by atoms with Gasteiger partial charge in [0.15, 0.2) is 16.6 Å². The second-order valence-electron chi connectivity index (χ2n) is 6.24. The molecule has 0 saturated carbocycles. The summed E-state index contributed by atoms with van der Waals surface area (Å²) in [6, 6.07) is 6.70. The van der Waals surface area contributed by atoms with E-state index in [0.29, 0.717) is 21.8 Å². The number of fused-ring (bicyclic) bond motifs is 1. The largest absolute Gasteiger partial charge is 0.493 e. The minimum absolute atomic E-state index is 0.0812. The van der Waals surface area contributed by atoms with Gasteiger partial charge in [0.1, 0.15) is 10.7 Å². The van der Waals surface area contributed by atoms with Crippen molar-refractivity contribution < 1.29 is 27.1 Å². The number of anilines is 2. The summed E-state index contributed by atoms with van der Waals surface area (Å²) in [5.41, 5.74) is 0.832. The number of rotatable bonds is 8. The number of methoxy groups -OCH3 is 2. The van der Waals surface area contributed by atoms with E-state index in [-0.39, 0.29) is 23.1 Å². The molecule has 8 nitrogen and oxygen atoms in total. The molecule has 30 heavy (non-hydrogen) atoms. The van der Waals surface area contributed by atoms with E-state index in [4.69, 9.17) is 9.47 Å². The van der Waals surface area contributed by atoms with Gasteiger partial charge in [-0.05, 0) is 24.6 Å². The van der Waals surface area contributed by atoms with Gasteiger partial charge in [-0.3, -0.25) is 9.52 Å². The average Bonchev–Trinajstić information content (AvgIpc) is 3.08. The lowest BCUT2D eigenvalue weighted by Gasteiger charge is -2.12. The predicted octanol–water partition coefficient (Wildman–Crippen LogP) is 3.99. The molecule has 0 saturated heterocycles. The van der Waals surface area contributed by atoms with Crippen molar-refractivity contribution in [3.63, 3.8) is 0 Å². The van der Waals surface area contributed by atoms with Crippen molar-refractivity contribution in [2.24, 2.45) is 0 Å². The summed E-state index contributed by atoms with van der Waals surface area (Å²) in [5, 5.41) is 3.14. The van der Waals surface area contributed by atoms with Gasteiger partial charge in [-0.15, -0.1) is 0 Å².